The Morgan fingerprint density at radius 1 is 1.17 bits per heavy atom. The van der Waals surface area contributed by atoms with Crippen molar-refractivity contribution in [2.75, 3.05) is 31.6 Å². The SMILES string of the molecule is C=CC(=O)N1CCN(C(=NC)c2cc(F)c(-c3c(O)cccc3F)nc2N(C=O)c2nccnc2C2CC2)C(C)C1. The Balaban J connectivity index is 1.69. The predicted molar refractivity (Wildman–Crippen MR) is 149 cm³/mol. The molecule has 1 saturated carbocycles. The summed E-state index contributed by atoms with van der Waals surface area (Å²) in [5.41, 5.74) is -0.177. The molecule has 12 heteroatoms. The molecule has 5 rings (SSSR count). The van der Waals surface area contributed by atoms with Crippen molar-refractivity contribution in [3.63, 3.8) is 0 Å². The van der Waals surface area contributed by atoms with Crippen molar-refractivity contribution in [3.8, 4) is 17.0 Å². The van der Waals surface area contributed by atoms with Crippen LogP contribution in [-0.4, -0.2) is 80.7 Å². The van der Waals surface area contributed by atoms with Crippen LogP contribution in [0, 0.1) is 11.6 Å². The summed E-state index contributed by atoms with van der Waals surface area (Å²) in [5.74, 6) is -1.92. The van der Waals surface area contributed by atoms with Crippen LogP contribution in [0.3, 0.4) is 0 Å². The predicted octanol–water partition coefficient (Wildman–Crippen LogP) is 3.79. The van der Waals surface area contributed by atoms with Crippen LogP contribution >= 0.6 is 0 Å². The number of halogens is 2. The van der Waals surface area contributed by atoms with Crippen molar-refractivity contribution < 1.29 is 23.5 Å². The smallest absolute Gasteiger partial charge is 0.246 e. The molecular weight excluding hydrogens is 532 g/mol. The van der Waals surface area contributed by atoms with Crippen LogP contribution in [0.15, 0.2) is 54.3 Å². The number of carbonyl (C=O) groups excluding carboxylic acids is 2. The summed E-state index contributed by atoms with van der Waals surface area (Å²) in [6.45, 7) is 6.55. The molecule has 2 aliphatic rings. The number of nitrogens with zero attached hydrogens (tertiary/aromatic N) is 7. The Bertz CT molecular complexity index is 1520. The van der Waals surface area contributed by atoms with Gasteiger partial charge in [-0.25, -0.2) is 23.6 Å². The minimum Gasteiger partial charge on any atom is -0.507 e. The van der Waals surface area contributed by atoms with Crippen molar-refractivity contribution in [1.82, 2.24) is 24.8 Å². The molecule has 1 atom stereocenters. The normalized spacial score (nSPS) is 17.4. The molecule has 0 bridgehead atoms. The van der Waals surface area contributed by atoms with Gasteiger partial charge in [-0.3, -0.25) is 19.6 Å². The van der Waals surface area contributed by atoms with Gasteiger partial charge in [-0.1, -0.05) is 12.6 Å². The third-order valence-corrected chi connectivity index (χ3v) is 7.25. The van der Waals surface area contributed by atoms with Crippen molar-refractivity contribution in [2.45, 2.75) is 31.7 Å². The summed E-state index contributed by atoms with van der Waals surface area (Å²) >= 11 is 0. The van der Waals surface area contributed by atoms with Gasteiger partial charge in [-0.05, 0) is 44.0 Å². The van der Waals surface area contributed by atoms with E-state index in [0.29, 0.717) is 37.6 Å². The summed E-state index contributed by atoms with van der Waals surface area (Å²) in [5, 5.41) is 10.4. The number of aromatic nitrogens is 3. The van der Waals surface area contributed by atoms with E-state index < -0.39 is 28.6 Å². The number of anilines is 2. The van der Waals surface area contributed by atoms with E-state index in [1.165, 1.54) is 37.7 Å². The molecule has 212 valence electrons. The number of pyridine rings is 1. The number of phenols is 1. The van der Waals surface area contributed by atoms with Crippen LogP contribution in [0.5, 0.6) is 5.75 Å². The quantitative estimate of drug-likeness (QED) is 0.202. The van der Waals surface area contributed by atoms with E-state index in [1.807, 2.05) is 11.8 Å². The molecule has 1 N–H and O–H groups in total. The van der Waals surface area contributed by atoms with Crippen molar-refractivity contribution in [2.24, 2.45) is 4.99 Å². The Labute approximate surface area is 235 Å². The van der Waals surface area contributed by atoms with Gasteiger partial charge in [-0.15, -0.1) is 0 Å². The molecule has 1 aliphatic carbocycles. The maximum atomic E-state index is 15.8. The molecule has 3 aromatic rings. The molecule has 10 nitrogen and oxygen atoms in total. The molecular formula is C29H29F2N7O3. The molecule has 1 aromatic carbocycles. The summed E-state index contributed by atoms with van der Waals surface area (Å²) in [4.78, 5) is 47.4. The molecule has 0 radical (unpaired) electrons. The Hall–Kier alpha value is -4.74. The lowest BCUT2D eigenvalue weighted by Gasteiger charge is -2.41. The Morgan fingerprint density at radius 3 is 2.56 bits per heavy atom. The van der Waals surface area contributed by atoms with Crippen molar-refractivity contribution >= 4 is 29.8 Å². The van der Waals surface area contributed by atoms with Gasteiger partial charge >= 0.3 is 0 Å². The highest BCUT2D eigenvalue weighted by Gasteiger charge is 2.35. The fourth-order valence-corrected chi connectivity index (χ4v) is 5.13. The van der Waals surface area contributed by atoms with E-state index in [9.17, 15) is 19.1 Å². The lowest BCUT2D eigenvalue weighted by molar-refractivity contribution is -0.128. The third-order valence-electron chi connectivity index (χ3n) is 7.25. The van der Waals surface area contributed by atoms with Gasteiger partial charge in [0, 0.05) is 51.0 Å². The van der Waals surface area contributed by atoms with Crippen LogP contribution < -0.4 is 4.90 Å². The molecule has 1 unspecified atom stereocenters. The lowest BCUT2D eigenvalue weighted by atomic mass is 10.0. The van der Waals surface area contributed by atoms with E-state index in [2.05, 4.69) is 26.5 Å². The van der Waals surface area contributed by atoms with Gasteiger partial charge in [0.2, 0.25) is 12.3 Å². The van der Waals surface area contributed by atoms with Gasteiger partial charge in [0.05, 0.1) is 16.8 Å². The zero-order valence-electron chi connectivity index (χ0n) is 22.7. The molecule has 1 saturated heterocycles. The van der Waals surface area contributed by atoms with E-state index in [-0.39, 0.29) is 35.1 Å². The molecule has 41 heavy (non-hydrogen) atoms. The Morgan fingerprint density at radius 2 is 1.93 bits per heavy atom. The largest absolute Gasteiger partial charge is 0.507 e. The number of piperazine rings is 1. The van der Waals surface area contributed by atoms with Crippen LogP contribution in [0.1, 0.15) is 36.9 Å². The number of aromatic hydroxyl groups is 1. The van der Waals surface area contributed by atoms with Gasteiger partial charge < -0.3 is 14.9 Å². The van der Waals surface area contributed by atoms with Crippen LogP contribution in [-0.2, 0) is 9.59 Å². The number of amides is 2. The van der Waals surface area contributed by atoms with Gasteiger partial charge in [0.15, 0.2) is 17.5 Å². The Kier molecular flexibility index (Phi) is 7.73. The topological polar surface area (TPSA) is 115 Å². The molecule has 3 heterocycles. The minimum absolute atomic E-state index is 0.0566. The second-order valence-electron chi connectivity index (χ2n) is 9.92. The lowest BCUT2D eigenvalue weighted by Crippen LogP contribution is -2.55. The summed E-state index contributed by atoms with van der Waals surface area (Å²) in [6, 6.07) is 4.49. The fraction of sp³-hybridized carbons (Fsp3) is 0.310. The van der Waals surface area contributed by atoms with Crippen molar-refractivity contribution in [3.05, 3.63) is 72.2 Å². The standard InChI is InChI=1S/C29H29F2N7O3/c1-4-23(41)36-12-13-37(17(2)15-36)27(32-3)19-14-21(31)26(24-20(30)6-5-7-22(24)40)35-28(19)38(16-39)29-25(18-8-9-18)33-10-11-34-29/h4-7,10-11,14,16-18,40H,1,8-9,12-13,15H2,2-3H3. The average Bonchev–Trinajstić information content (AvgIpc) is 3.81. The minimum atomic E-state index is -0.925. The first-order chi connectivity index (χ1) is 19.8. The molecule has 2 amide bonds. The number of amidine groups is 1. The van der Waals surface area contributed by atoms with E-state index in [1.54, 1.807) is 4.90 Å². The summed E-state index contributed by atoms with van der Waals surface area (Å²) < 4.78 is 30.7. The zero-order valence-corrected chi connectivity index (χ0v) is 22.7. The van der Waals surface area contributed by atoms with Gasteiger partial charge in [0.1, 0.15) is 23.1 Å². The van der Waals surface area contributed by atoms with Crippen molar-refractivity contribution in [1.29, 1.82) is 0 Å². The number of benzene rings is 1. The van der Waals surface area contributed by atoms with Crippen LogP contribution in [0.25, 0.3) is 11.3 Å². The number of carbonyl (C=O) groups is 2. The maximum Gasteiger partial charge on any atom is 0.246 e. The highest BCUT2D eigenvalue weighted by atomic mass is 19.1. The van der Waals surface area contributed by atoms with E-state index in [4.69, 9.17) is 0 Å². The highest BCUT2D eigenvalue weighted by Crippen LogP contribution is 2.44. The van der Waals surface area contributed by atoms with E-state index >= 15 is 4.39 Å². The number of aliphatic imine (C=N–C) groups is 1. The number of rotatable bonds is 7. The number of phenolic OH excluding ortho intramolecular Hbond substituents is 1. The second kappa shape index (κ2) is 11.4. The zero-order chi connectivity index (χ0) is 29.3. The monoisotopic (exact) mass is 561 g/mol. The maximum absolute atomic E-state index is 15.8. The fourth-order valence-electron chi connectivity index (χ4n) is 5.13. The van der Waals surface area contributed by atoms with Crippen LogP contribution in [0.4, 0.5) is 20.4 Å². The molecule has 2 aromatic heterocycles. The highest BCUT2D eigenvalue weighted by molar-refractivity contribution is 6.06. The van der Waals surface area contributed by atoms with Crippen LogP contribution in [0.2, 0.25) is 0 Å². The second-order valence-corrected chi connectivity index (χ2v) is 9.92. The first kappa shape index (κ1) is 27.8. The summed E-state index contributed by atoms with van der Waals surface area (Å²) in [7, 11) is 1.53. The molecule has 1 aliphatic heterocycles. The number of hydrogen-bond donors (Lipinski definition) is 1. The third kappa shape index (κ3) is 5.24. The average molecular weight is 562 g/mol. The number of hydrogen-bond acceptors (Lipinski definition) is 7. The first-order valence-electron chi connectivity index (χ1n) is 13.2. The van der Waals surface area contributed by atoms with Gasteiger partial charge in [-0.2, -0.15) is 0 Å². The van der Waals surface area contributed by atoms with E-state index in [0.717, 1.165) is 29.9 Å². The first-order valence-corrected chi connectivity index (χ1v) is 13.2. The van der Waals surface area contributed by atoms with Gasteiger partial charge in [0.25, 0.3) is 0 Å². The molecule has 0 spiro atoms. The molecule has 2 fully saturated rings. The summed E-state index contributed by atoms with van der Waals surface area (Å²) in [6.07, 6.45) is 6.49.